The molecular formula is C20H18ClN3O2. The highest BCUT2D eigenvalue weighted by Gasteiger charge is 2.35. The van der Waals surface area contributed by atoms with E-state index in [1.807, 2.05) is 60.0 Å². The van der Waals surface area contributed by atoms with Crippen LogP contribution in [0.4, 0.5) is 5.95 Å². The largest absolute Gasteiger partial charge is 0.463 e. The third kappa shape index (κ3) is 2.56. The SMILES string of the molecule is CCOC(=O)C1=C(C)Nc2nc3ccccc3n2C1c1ccccc1Cl. The number of nitrogens with one attached hydrogen (secondary N) is 1. The second-order valence-electron chi connectivity index (χ2n) is 6.10. The van der Waals surface area contributed by atoms with Crippen LogP contribution < -0.4 is 5.32 Å². The summed E-state index contributed by atoms with van der Waals surface area (Å²) in [7, 11) is 0. The van der Waals surface area contributed by atoms with Crippen molar-refractivity contribution in [2.75, 3.05) is 11.9 Å². The van der Waals surface area contributed by atoms with Gasteiger partial charge in [0.1, 0.15) is 0 Å². The molecule has 0 amide bonds. The van der Waals surface area contributed by atoms with Gasteiger partial charge in [0.2, 0.25) is 5.95 Å². The van der Waals surface area contributed by atoms with E-state index in [1.54, 1.807) is 6.92 Å². The van der Waals surface area contributed by atoms with E-state index in [0.717, 1.165) is 22.3 Å². The minimum absolute atomic E-state index is 0.308. The molecule has 6 heteroatoms. The molecule has 1 aliphatic rings. The maximum Gasteiger partial charge on any atom is 0.338 e. The highest BCUT2D eigenvalue weighted by molar-refractivity contribution is 6.31. The van der Waals surface area contributed by atoms with Gasteiger partial charge in [0.15, 0.2) is 0 Å². The molecule has 26 heavy (non-hydrogen) atoms. The molecule has 0 saturated carbocycles. The number of esters is 1. The number of hydrogen-bond donors (Lipinski definition) is 1. The van der Waals surface area contributed by atoms with Crippen molar-refractivity contribution in [2.45, 2.75) is 19.9 Å². The van der Waals surface area contributed by atoms with E-state index in [0.29, 0.717) is 23.2 Å². The Kier molecular flexibility index (Phi) is 4.17. The number of carbonyl (C=O) groups excluding carboxylic acids is 1. The third-order valence-electron chi connectivity index (χ3n) is 4.53. The van der Waals surface area contributed by atoms with Crippen molar-refractivity contribution in [3.8, 4) is 0 Å². The topological polar surface area (TPSA) is 56.1 Å². The van der Waals surface area contributed by atoms with Crippen LogP contribution in [0, 0.1) is 0 Å². The summed E-state index contributed by atoms with van der Waals surface area (Å²) in [6, 6.07) is 15.0. The molecule has 0 fully saturated rings. The maximum absolute atomic E-state index is 12.8. The molecular weight excluding hydrogens is 350 g/mol. The first-order valence-electron chi connectivity index (χ1n) is 8.48. The van der Waals surface area contributed by atoms with Gasteiger partial charge < -0.3 is 10.1 Å². The molecule has 0 radical (unpaired) electrons. The molecule has 2 aromatic carbocycles. The molecule has 0 bridgehead atoms. The molecule has 0 saturated heterocycles. The number of rotatable bonds is 3. The van der Waals surface area contributed by atoms with Crippen LogP contribution in [-0.2, 0) is 9.53 Å². The lowest BCUT2D eigenvalue weighted by Gasteiger charge is -2.30. The fraction of sp³-hybridized carbons (Fsp3) is 0.200. The smallest absolute Gasteiger partial charge is 0.338 e. The van der Waals surface area contributed by atoms with Crippen molar-refractivity contribution in [3.05, 3.63) is 70.4 Å². The summed E-state index contributed by atoms with van der Waals surface area (Å²) in [6.45, 7) is 3.97. The molecule has 1 N–H and O–H groups in total. The lowest BCUT2D eigenvalue weighted by molar-refractivity contribution is -0.139. The first-order chi connectivity index (χ1) is 12.6. The second kappa shape index (κ2) is 6.50. The summed E-state index contributed by atoms with van der Waals surface area (Å²) in [6.07, 6.45) is 0. The van der Waals surface area contributed by atoms with E-state index < -0.39 is 6.04 Å². The Morgan fingerprint density at radius 1 is 1.23 bits per heavy atom. The van der Waals surface area contributed by atoms with E-state index in [9.17, 15) is 4.79 Å². The van der Waals surface area contributed by atoms with Crippen LogP contribution in [0.15, 0.2) is 59.8 Å². The lowest BCUT2D eigenvalue weighted by Crippen LogP contribution is -2.29. The van der Waals surface area contributed by atoms with Crippen LogP contribution in [0.1, 0.15) is 25.5 Å². The molecule has 1 aliphatic heterocycles. The van der Waals surface area contributed by atoms with Crippen molar-refractivity contribution >= 4 is 34.6 Å². The highest BCUT2D eigenvalue weighted by atomic mass is 35.5. The van der Waals surface area contributed by atoms with Crippen molar-refractivity contribution < 1.29 is 9.53 Å². The number of benzene rings is 2. The van der Waals surface area contributed by atoms with Crippen LogP contribution >= 0.6 is 11.6 Å². The quantitative estimate of drug-likeness (QED) is 0.690. The Hall–Kier alpha value is -2.79. The van der Waals surface area contributed by atoms with Gasteiger partial charge in [0.25, 0.3) is 0 Å². The van der Waals surface area contributed by atoms with Crippen LogP contribution in [-0.4, -0.2) is 22.1 Å². The lowest BCUT2D eigenvalue weighted by atomic mass is 9.95. The van der Waals surface area contributed by atoms with Gasteiger partial charge >= 0.3 is 5.97 Å². The zero-order chi connectivity index (χ0) is 18.3. The number of carbonyl (C=O) groups is 1. The fourth-order valence-electron chi connectivity index (χ4n) is 3.43. The molecule has 1 unspecified atom stereocenters. The first-order valence-corrected chi connectivity index (χ1v) is 8.86. The van der Waals surface area contributed by atoms with Gasteiger partial charge in [0, 0.05) is 10.7 Å². The van der Waals surface area contributed by atoms with Crippen molar-refractivity contribution in [1.29, 1.82) is 0 Å². The van der Waals surface area contributed by atoms with Gasteiger partial charge in [0.05, 0.1) is 29.3 Å². The molecule has 4 rings (SSSR count). The molecule has 3 aromatic rings. The minimum Gasteiger partial charge on any atom is -0.463 e. The summed E-state index contributed by atoms with van der Waals surface area (Å²) >= 11 is 6.51. The van der Waals surface area contributed by atoms with Gasteiger partial charge in [-0.25, -0.2) is 9.78 Å². The van der Waals surface area contributed by atoms with Crippen LogP contribution in [0.5, 0.6) is 0 Å². The van der Waals surface area contributed by atoms with E-state index in [4.69, 9.17) is 16.3 Å². The fourth-order valence-corrected chi connectivity index (χ4v) is 3.67. The van der Waals surface area contributed by atoms with Crippen molar-refractivity contribution in [3.63, 3.8) is 0 Å². The zero-order valence-electron chi connectivity index (χ0n) is 14.5. The number of fused-ring (bicyclic) bond motifs is 3. The molecule has 0 spiro atoms. The molecule has 0 aliphatic carbocycles. The summed E-state index contributed by atoms with van der Waals surface area (Å²) < 4.78 is 7.34. The Morgan fingerprint density at radius 2 is 1.96 bits per heavy atom. The standard InChI is InChI=1S/C20H18ClN3O2/c1-3-26-19(25)17-12(2)22-20-23-15-10-6-7-11-16(15)24(20)18(17)13-8-4-5-9-14(13)21/h4-11,18H,3H2,1-2H3,(H,22,23). The number of hydrogen-bond acceptors (Lipinski definition) is 4. The van der Waals surface area contributed by atoms with Crippen molar-refractivity contribution in [2.24, 2.45) is 0 Å². The van der Waals surface area contributed by atoms with E-state index in [2.05, 4.69) is 10.3 Å². The van der Waals surface area contributed by atoms with Crippen molar-refractivity contribution in [1.82, 2.24) is 9.55 Å². The Morgan fingerprint density at radius 3 is 2.73 bits per heavy atom. The van der Waals surface area contributed by atoms with Crippen LogP contribution in [0.25, 0.3) is 11.0 Å². The second-order valence-corrected chi connectivity index (χ2v) is 6.51. The third-order valence-corrected chi connectivity index (χ3v) is 4.87. The van der Waals surface area contributed by atoms with Gasteiger partial charge in [-0.3, -0.25) is 4.57 Å². The predicted octanol–water partition coefficient (Wildman–Crippen LogP) is 4.54. The number of anilines is 1. The Balaban J connectivity index is 2.01. The normalized spacial score (nSPS) is 16.3. The number of para-hydroxylation sites is 2. The van der Waals surface area contributed by atoms with E-state index >= 15 is 0 Å². The zero-order valence-corrected chi connectivity index (χ0v) is 15.2. The minimum atomic E-state index is -0.411. The molecule has 1 aromatic heterocycles. The van der Waals surface area contributed by atoms with Crippen LogP contribution in [0.3, 0.4) is 0 Å². The van der Waals surface area contributed by atoms with Crippen LogP contribution in [0.2, 0.25) is 5.02 Å². The monoisotopic (exact) mass is 367 g/mol. The number of aromatic nitrogens is 2. The summed E-state index contributed by atoms with van der Waals surface area (Å²) in [5.74, 6) is 0.326. The molecule has 132 valence electrons. The summed E-state index contributed by atoms with van der Waals surface area (Å²) in [5, 5.41) is 3.84. The number of nitrogens with zero attached hydrogens (tertiary/aromatic N) is 2. The average Bonchev–Trinajstić information content (AvgIpc) is 2.99. The average molecular weight is 368 g/mol. The number of allylic oxidation sites excluding steroid dienone is 1. The first kappa shape index (κ1) is 16.7. The molecule has 2 heterocycles. The van der Waals surface area contributed by atoms with Gasteiger partial charge in [-0.2, -0.15) is 0 Å². The van der Waals surface area contributed by atoms with E-state index in [1.165, 1.54) is 0 Å². The Bertz CT molecular complexity index is 1040. The number of ether oxygens (including phenoxy) is 1. The Labute approximate surface area is 156 Å². The molecule has 1 atom stereocenters. The summed E-state index contributed by atoms with van der Waals surface area (Å²) in [5.41, 5.74) is 3.87. The van der Waals surface area contributed by atoms with Gasteiger partial charge in [-0.05, 0) is 37.6 Å². The highest BCUT2D eigenvalue weighted by Crippen LogP contribution is 2.41. The summed E-state index contributed by atoms with van der Waals surface area (Å²) in [4.78, 5) is 17.4. The molecule has 5 nitrogen and oxygen atoms in total. The number of halogens is 1. The predicted molar refractivity (Wildman–Crippen MR) is 102 cm³/mol. The maximum atomic E-state index is 12.8. The van der Waals surface area contributed by atoms with E-state index in [-0.39, 0.29) is 5.97 Å². The number of imidazole rings is 1. The van der Waals surface area contributed by atoms with Gasteiger partial charge in [-0.1, -0.05) is 41.9 Å². The van der Waals surface area contributed by atoms with Gasteiger partial charge in [-0.15, -0.1) is 0 Å².